The zero-order valence-corrected chi connectivity index (χ0v) is 14.6. The summed E-state index contributed by atoms with van der Waals surface area (Å²) in [6.45, 7) is 3.29. The average molecular weight is 368 g/mol. The van der Waals surface area contributed by atoms with Gasteiger partial charge in [-0.1, -0.05) is 12.1 Å². The van der Waals surface area contributed by atoms with Gasteiger partial charge in [-0.05, 0) is 32.0 Å². The van der Waals surface area contributed by atoms with Crippen molar-refractivity contribution in [3.05, 3.63) is 74.3 Å². The molecule has 138 valence electrons. The van der Waals surface area contributed by atoms with Crippen molar-refractivity contribution in [2.75, 3.05) is 5.32 Å². The van der Waals surface area contributed by atoms with Gasteiger partial charge in [0.2, 0.25) is 5.91 Å². The highest BCUT2D eigenvalue weighted by Gasteiger charge is 2.16. The predicted molar refractivity (Wildman–Crippen MR) is 96.8 cm³/mol. The quantitative estimate of drug-likeness (QED) is 0.538. The first-order valence-electron chi connectivity index (χ1n) is 8.00. The van der Waals surface area contributed by atoms with E-state index in [2.05, 4.69) is 15.5 Å². The first-order chi connectivity index (χ1) is 12.8. The maximum atomic E-state index is 12.3. The molecule has 0 aliphatic carbocycles. The average Bonchev–Trinajstić information content (AvgIpc) is 2.95. The number of rotatable bonds is 5. The van der Waals surface area contributed by atoms with E-state index in [0.29, 0.717) is 5.82 Å². The van der Waals surface area contributed by atoms with Gasteiger partial charge in [-0.15, -0.1) is 5.10 Å². The third-order valence-corrected chi connectivity index (χ3v) is 3.75. The molecule has 0 fully saturated rings. The molecule has 0 aliphatic rings. The highest BCUT2D eigenvalue weighted by Crippen LogP contribution is 2.22. The summed E-state index contributed by atoms with van der Waals surface area (Å²) in [4.78, 5) is 34.7. The zero-order valence-electron chi connectivity index (χ0n) is 14.6. The Bertz CT molecular complexity index is 1090. The van der Waals surface area contributed by atoms with Crippen LogP contribution < -0.4 is 10.9 Å². The number of anilines is 1. The lowest BCUT2D eigenvalue weighted by atomic mass is 10.2. The maximum absolute atomic E-state index is 12.3. The third-order valence-electron chi connectivity index (χ3n) is 3.75. The van der Waals surface area contributed by atoms with Gasteiger partial charge in [-0.2, -0.15) is 5.10 Å². The number of aromatic nitrogens is 4. The van der Waals surface area contributed by atoms with Gasteiger partial charge in [-0.3, -0.25) is 19.7 Å². The van der Waals surface area contributed by atoms with E-state index < -0.39 is 22.9 Å². The third kappa shape index (κ3) is 3.89. The van der Waals surface area contributed by atoms with Gasteiger partial charge in [0.1, 0.15) is 12.2 Å². The normalized spacial score (nSPS) is 10.6. The lowest BCUT2D eigenvalue weighted by molar-refractivity contribution is -0.383. The molecule has 0 saturated carbocycles. The van der Waals surface area contributed by atoms with E-state index in [1.165, 1.54) is 30.3 Å². The number of benzene rings is 1. The van der Waals surface area contributed by atoms with Crippen molar-refractivity contribution in [3.8, 4) is 5.82 Å². The van der Waals surface area contributed by atoms with Crippen LogP contribution in [0.15, 0.2) is 47.3 Å². The number of hydrogen-bond donors (Lipinski definition) is 1. The number of aryl methyl sites for hydroxylation is 2. The van der Waals surface area contributed by atoms with E-state index >= 15 is 0 Å². The van der Waals surface area contributed by atoms with E-state index in [1.807, 2.05) is 19.9 Å². The van der Waals surface area contributed by atoms with Crippen LogP contribution in [0.2, 0.25) is 0 Å². The number of amides is 1. The second kappa shape index (κ2) is 7.20. The first kappa shape index (κ1) is 18.0. The van der Waals surface area contributed by atoms with Crippen LogP contribution in [0.3, 0.4) is 0 Å². The summed E-state index contributed by atoms with van der Waals surface area (Å²) in [5.74, 6) is -0.219. The monoisotopic (exact) mass is 368 g/mol. The van der Waals surface area contributed by atoms with Crippen LogP contribution >= 0.6 is 0 Å². The van der Waals surface area contributed by atoms with Crippen molar-refractivity contribution in [2.24, 2.45) is 0 Å². The van der Waals surface area contributed by atoms with Crippen LogP contribution in [0.1, 0.15) is 11.4 Å². The Morgan fingerprint density at radius 1 is 1.19 bits per heavy atom. The van der Waals surface area contributed by atoms with E-state index in [4.69, 9.17) is 0 Å². The molecule has 0 unspecified atom stereocenters. The topological polar surface area (TPSA) is 125 Å². The smallest absolute Gasteiger partial charge is 0.292 e. The molecule has 3 aromatic rings. The molecule has 3 rings (SSSR count). The fourth-order valence-corrected chi connectivity index (χ4v) is 2.59. The van der Waals surface area contributed by atoms with Gasteiger partial charge in [0.25, 0.3) is 11.2 Å². The summed E-state index contributed by atoms with van der Waals surface area (Å²) in [7, 11) is 0. The lowest BCUT2D eigenvalue weighted by Gasteiger charge is -2.09. The molecule has 2 heterocycles. The van der Waals surface area contributed by atoms with Crippen LogP contribution in [0.4, 0.5) is 11.4 Å². The molecule has 0 aliphatic heterocycles. The van der Waals surface area contributed by atoms with Crippen molar-refractivity contribution >= 4 is 17.3 Å². The number of carbonyl (C=O) groups is 1. The van der Waals surface area contributed by atoms with Gasteiger partial charge in [0.05, 0.1) is 10.6 Å². The van der Waals surface area contributed by atoms with E-state index in [0.717, 1.165) is 16.1 Å². The van der Waals surface area contributed by atoms with E-state index in [-0.39, 0.29) is 11.4 Å². The molecule has 0 radical (unpaired) electrons. The highest BCUT2D eigenvalue weighted by molar-refractivity contribution is 5.92. The predicted octanol–water partition coefficient (Wildman–Crippen LogP) is 1.59. The number of carbonyl (C=O) groups excluding carboxylic acids is 1. The summed E-state index contributed by atoms with van der Waals surface area (Å²) in [5.41, 5.74) is 0.964. The summed E-state index contributed by atoms with van der Waals surface area (Å²) >= 11 is 0. The fraction of sp³-hybridized carbons (Fsp3) is 0.176. The molecule has 0 spiro atoms. The van der Waals surface area contributed by atoms with Crippen molar-refractivity contribution in [1.82, 2.24) is 19.6 Å². The van der Waals surface area contributed by atoms with Gasteiger partial charge in [0, 0.05) is 17.8 Å². The molecule has 1 amide bonds. The lowest BCUT2D eigenvalue weighted by Crippen LogP contribution is -2.30. The molecular formula is C17H16N6O4. The summed E-state index contributed by atoms with van der Waals surface area (Å²) in [5, 5.41) is 21.9. The van der Waals surface area contributed by atoms with Crippen LogP contribution in [0, 0.1) is 24.0 Å². The van der Waals surface area contributed by atoms with E-state index in [1.54, 1.807) is 10.7 Å². The SMILES string of the molecule is Cc1cc(C)n(-c2ccc(=O)n(CC(=O)Nc3ccccc3[N+](=O)[O-])n2)n1. The van der Waals surface area contributed by atoms with Crippen LogP contribution in [-0.4, -0.2) is 30.4 Å². The minimum Gasteiger partial charge on any atom is -0.319 e. The Labute approximate surface area is 153 Å². The van der Waals surface area contributed by atoms with E-state index in [9.17, 15) is 19.7 Å². The van der Waals surface area contributed by atoms with Gasteiger partial charge < -0.3 is 5.32 Å². The fourth-order valence-electron chi connectivity index (χ4n) is 2.59. The molecule has 0 atom stereocenters. The van der Waals surface area contributed by atoms with Crippen LogP contribution in [0.25, 0.3) is 5.82 Å². The number of para-hydroxylation sites is 2. The standard InChI is InChI=1S/C17H16N6O4/c1-11-9-12(2)22(19-11)15-7-8-17(25)21(20-15)10-16(24)18-13-5-3-4-6-14(13)23(26)27/h3-9H,10H2,1-2H3,(H,18,24). The molecular weight excluding hydrogens is 352 g/mol. The molecule has 10 nitrogen and oxygen atoms in total. The molecule has 27 heavy (non-hydrogen) atoms. The van der Waals surface area contributed by atoms with Crippen molar-refractivity contribution < 1.29 is 9.72 Å². The minimum atomic E-state index is -0.607. The molecule has 10 heteroatoms. The Morgan fingerprint density at radius 3 is 2.59 bits per heavy atom. The number of nitrogens with zero attached hydrogens (tertiary/aromatic N) is 5. The molecule has 0 bridgehead atoms. The Balaban J connectivity index is 1.85. The largest absolute Gasteiger partial charge is 0.319 e. The van der Waals surface area contributed by atoms with Gasteiger partial charge >= 0.3 is 0 Å². The number of nitro benzene ring substituents is 1. The summed E-state index contributed by atoms with van der Waals surface area (Å²) in [6.07, 6.45) is 0. The first-order valence-corrected chi connectivity index (χ1v) is 8.00. The Hall–Kier alpha value is -3.82. The molecule has 1 N–H and O–H groups in total. The number of nitrogens with one attached hydrogen (secondary N) is 1. The van der Waals surface area contributed by atoms with Crippen molar-refractivity contribution in [1.29, 1.82) is 0 Å². The molecule has 0 saturated heterocycles. The highest BCUT2D eigenvalue weighted by atomic mass is 16.6. The Kier molecular flexibility index (Phi) is 4.79. The van der Waals surface area contributed by atoms with Gasteiger partial charge in [-0.25, -0.2) is 9.36 Å². The zero-order chi connectivity index (χ0) is 19.6. The van der Waals surface area contributed by atoms with Crippen LogP contribution in [0.5, 0.6) is 0 Å². The molecule has 2 aromatic heterocycles. The van der Waals surface area contributed by atoms with Gasteiger partial charge in [0.15, 0.2) is 5.82 Å². The summed E-state index contributed by atoms with van der Waals surface area (Å²) in [6, 6.07) is 10.4. The Morgan fingerprint density at radius 2 is 1.93 bits per heavy atom. The maximum Gasteiger partial charge on any atom is 0.292 e. The number of nitro groups is 1. The summed E-state index contributed by atoms with van der Waals surface area (Å²) < 4.78 is 2.54. The van der Waals surface area contributed by atoms with Crippen molar-refractivity contribution in [2.45, 2.75) is 20.4 Å². The minimum absolute atomic E-state index is 0.0512. The molecule has 1 aromatic carbocycles. The second-order valence-corrected chi connectivity index (χ2v) is 5.85. The second-order valence-electron chi connectivity index (χ2n) is 5.85. The van der Waals surface area contributed by atoms with Crippen LogP contribution in [-0.2, 0) is 11.3 Å². The number of hydrogen-bond acceptors (Lipinski definition) is 6. The van der Waals surface area contributed by atoms with Crippen molar-refractivity contribution in [3.63, 3.8) is 0 Å².